The topological polar surface area (TPSA) is 108 Å². The summed E-state index contributed by atoms with van der Waals surface area (Å²) >= 11 is 12.2. The zero-order valence-electron chi connectivity index (χ0n) is 14.4. The summed E-state index contributed by atoms with van der Waals surface area (Å²) in [7, 11) is 0. The molecule has 1 fully saturated rings. The SMILES string of the molecule is Cc1ccc2cc(C=C3SC(=S)N(C(CC(=O)O)C(=O)O)C3=O)c(Cl)nc2c1. The average Bonchev–Trinajstić information content (AvgIpc) is 2.87. The number of benzene rings is 1. The molecule has 1 aromatic carbocycles. The van der Waals surface area contributed by atoms with E-state index in [1.807, 2.05) is 25.1 Å². The van der Waals surface area contributed by atoms with Gasteiger partial charge in [0.1, 0.15) is 15.5 Å². The number of thiocarbonyl (C=S) groups is 1. The maximum Gasteiger partial charge on any atom is 0.327 e. The predicted molar refractivity (Wildman–Crippen MR) is 110 cm³/mol. The number of carboxylic acids is 2. The van der Waals surface area contributed by atoms with Crippen LogP contribution in [-0.2, 0) is 14.4 Å². The van der Waals surface area contributed by atoms with Crippen molar-refractivity contribution >= 4 is 74.7 Å². The molecular weight excluding hydrogens is 424 g/mol. The first-order valence-corrected chi connectivity index (χ1v) is 9.56. The Morgan fingerprint density at radius 2 is 2.07 bits per heavy atom. The quantitative estimate of drug-likeness (QED) is 0.417. The van der Waals surface area contributed by atoms with Gasteiger partial charge in [-0.25, -0.2) is 9.78 Å². The molecule has 2 N–H and O–H groups in total. The van der Waals surface area contributed by atoms with Crippen molar-refractivity contribution in [1.29, 1.82) is 0 Å². The maximum atomic E-state index is 12.7. The van der Waals surface area contributed by atoms with Crippen molar-refractivity contribution in [2.75, 3.05) is 0 Å². The molecule has 1 unspecified atom stereocenters. The Hall–Kier alpha value is -2.49. The van der Waals surface area contributed by atoms with E-state index in [4.69, 9.17) is 28.9 Å². The minimum Gasteiger partial charge on any atom is -0.481 e. The van der Waals surface area contributed by atoms with Gasteiger partial charge in [0.2, 0.25) is 0 Å². The van der Waals surface area contributed by atoms with Gasteiger partial charge in [-0.15, -0.1) is 0 Å². The number of fused-ring (bicyclic) bond motifs is 1. The van der Waals surface area contributed by atoms with Crippen LogP contribution in [0.1, 0.15) is 17.5 Å². The molecule has 7 nitrogen and oxygen atoms in total. The van der Waals surface area contributed by atoms with E-state index in [-0.39, 0.29) is 14.4 Å². The van der Waals surface area contributed by atoms with Crippen molar-refractivity contribution in [3.8, 4) is 0 Å². The van der Waals surface area contributed by atoms with E-state index in [1.165, 1.54) is 6.08 Å². The molecule has 10 heteroatoms. The Balaban J connectivity index is 1.98. The lowest BCUT2D eigenvalue weighted by molar-refractivity contribution is -0.150. The molecular formula is C18H13ClN2O5S2. The average molecular weight is 437 g/mol. The number of aryl methyl sites for hydroxylation is 1. The van der Waals surface area contributed by atoms with Gasteiger partial charge >= 0.3 is 11.9 Å². The molecule has 1 aliphatic rings. The van der Waals surface area contributed by atoms with Crippen LogP contribution in [0.2, 0.25) is 5.15 Å². The molecule has 0 spiro atoms. The summed E-state index contributed by atoms with van der Waals surface area (Å²) in [5, 5.41) is 19.2. The number of nitrogens with zero attached hydrogens (tertiary/aromatic N) is 2. The Bertz CT molecular complexity index is 1070. The molecule has 1 aliphatic heterocycles. The van der Waals surface area contributed by atoms with Gasteiger partial charge in [0.15, 0.2) is 0 Å². The minimum atomic E-state index is -1.58. The predicted octanol–water partition coefficient (Wildman–Crippen LogP) is 3.33. The summed E-state index contributed by atoms with van der Waals surface area (Å²) in [5.74, 6) is -3.47. The molecule has 1 saturated heterocycles. The van der Waals surface area contributed by atoms with Gasteiger partial charge in [-0.1, -0.05) is 47.7 Å². The number of carbonyl (C=O) groups is 3. The monoisotopic (exact) mass is 436 g/mol. The molecule has 2 heterocycles. The first-order chi connectivity index (χ1) is 13.2. The van der Waals surface area contributed by atoms with Crippen molar-refractivity contribution in [3.05, 3.63) is 45.5 Å². The Morgan fingerprint density at radius 1 is 1.36 bits per heavy atom. The van der Waals surface area contributed by atoms with Crippen LogP contribution in [0.5, 0.6) is 0 Å². The Kier molecular flexibility index (Phi) is 5.69. The van der Waals surface area contributed by atoms with E-state index in [9.17, 15) is 19.5 Å². The third kappa shape index (κ3) is 4.01. The highest BCUT2D eigenvalue weighted by Gasteiger charge is 2.41. The highest BCUT2D eigenvalue weighted by Crippen LogP contribution is 2.36. The number of halogens is 1. The number of thioether (sulfide) groups is 1. The zero-order valence-corrected chi connectivity index (χ0v) is 16.8. The lowest BCUT2D eigenvalue weighted by atomic mass is 10.1. The number of rotatable bonds is 5. The highest BCUT2D eigenvalue weighted by atomic mass is 35.5. The van der Waals surface area contributed by atoms with Crippen LogP contribution in [0.3, 0.4) is 0 Å². The number of aliphatic carboxylic acids is 2. The first-order valence-electron chi connectivity index (χ1n) is 7.96. The van der Waals surface area contributed by atoms with Crippen LogP contribution in [0.25, 0.3) is 17.0 Å². The number of pyridine rings is 1. The Morgan fingerprint density at radius 3 is 2.71 bits per heavy atom. The van der Waals surface area contributed by atoms with E-state index in [1.54, 1.807) is 6.07 Å². The van der Waals surface area contributed by atoms with Gasteiger partial charge in [0.05, 0.1) is 16.8 Å². The van der Waals surface area contributed by atoms with E-state index < -0.39 is 30.3 Å². The lowest BCUT2D eigenvalue weighted by Gasteiger charge is -2.21. The van der Waals surface area contributed by atoms with Gasteiger partial charge in [-0.3, -0.25) is 14.5 Å². The van der Waals surface area contributed by atoms with Crippen LogP contribution in [0.4, 0.5) is 0 Å². The molecule has 0 saturated carbocycles. The van der Waals surface area contributed by atoms with Crippen molar-refractivity contribution in [3.63, 3.8) is 0 Å². The van der Waals surface area contributed by atoms with Gasteiger partial charge in [0, 0.05) is 10.9 Å². The molecule has 1 amide bonds. The van der Waals surface area contributed by atoms with Crippen molar-refractivity contribution in [2.24, 2.45) is 0 Å². The number of hydrogen-bond donors (Lipinski definition) is 2. The molecule has 0 bridgehead atoms. The molecule has 28 heavy (non-hydrogen) atoms. The molecule has 2 aromatic rings. The number of carbonyl (C=O) groups excluding carboxylic acids is 1. The van der Waals surface area contributed by atoms with E-state index >= 15 is 0 Å². The van der Waals surface area contributed by atoms with Gasteiger partial charge < -0.3 is 10.2 Å². The fourth-order valence-electron chi connectivity index (χ4n) is 2.72. The molecule has 144 valence electrons. The lowest BCUT2D eigenvalue weighted by Crippen LogP contribution is -2.45. The summed E-state index contributed by atoms with van der Waals surface area (Å²) in [4.78, 5) is 40.4. The highest BCUT2D eigenvalue weighted by molar-refractivity contribution is 8.26. The fourth-order valence-corrected chi connectivity index (χ4v) is 4.26. The normalized spacial score (nSPS) is 16.8. The third-order valence-corrected chi connectivity index (χ3v) is 5.66. The minimum absolute atomic E-state index is 0.0228. The number of amides is 1. The van der Waals surface area contributed by atoms with Gasteiger partial charge in [-0.2, -0.15) is 0 Å². The van der Waals surface area contributed by atoms with Crippen molar-refractivity contribution < 1.29 is 24.6 Å². The smallest absolute Gasteiger partial charge is 0.327 e. The van der Waals surface area contributed by atoms with Crippen LogP contribution >= 0.6 is 35.6 Å². The van der Waals surface area contributed by atoms with E-state index in [0.717, 1.165) is 27.6 Å². The summed E-state index contributed by atoms with van der Waals surface area (Å²) in [5.41, 5.74) is 2.22. The molecule has 0 aliphatic carbocycles. The van der Waals surface area contributed by atoms with Gasteiger partial charge in [0.25, 0.3) is 5.91 Å². The summed E-state index contributed by atoms with van der Waals surface area (Å²) in [6.07, 6.45) is 0.723. The van der Waals surface area contributed by atoms with Crippen LogP contribution < -0.4 is 0 Å². The third-order valence-electron chi connectivity index (χ3n) is 4.03. The molecule has 0 radical (unpaired) electrons. The summed E-state index contributed by atoms with van der Waals surface area (Å²) < 4.78 is -0.0228. The van der Waals surface area contributed by atoms with Gasteiger partial charge in [-0.05, 0) is 30.7 Å². The second-order valence-corrected chi connectivity index (χ2v) is 8.10. The second kappa shape index (κ2) is 7.86. The van der Waals surface area contributed by atoms with Crippen LogP contribution in [0.15, 0.2) is 29.2 Å². The number of hydrogen-bond acceptors (Lipinski definition) is 6. The van der Waals surface area contributed by atoms with Crippen LogP contribution in [0, 0.1) is 6.92 Å². The standard InChI is InChI=1S/C18H13ClN2O5S2/c1-8-2-3-9-5-10(15(19)20-11(9)4-8)6-13-16(24)21(18(27)28-13)12(17(25)26)7-14(22)23/h2-6,12H,7H2,1H3,(H,22,23)(H,25,26). The van der Waals surface area contributed by atoms with E-state index in [0.29, 0.717) is 11.1 Å². The maximum absolute atomic E-state index is 12.7. The largest absolute Gasteiger partial charge is 0.481 e. The molecule has 3 rings (SSSR count). The second-order valence-electron chi connectivity index (χ2n) is 6.07. The van der Waals surface area contributed by atoms with Crippen molar-refractivity contribution in [1.82, 2.24) is 9.88 Å². The zero-order chi connectivity index (χ0) is 20.6. The number of carboxylic acid groups (broad SMARTS) is 2. The fraction of sp³-hybridized carbons (Fsp3) is 0.167. The van der Waals surface area contributed by atoms with E-state index in [2.05, 4.69) is 4.98 Å². The summed E-state index contributed by atoms with van der Waals surface area (Å²) in [6, 6.07) is 5.87. The molecule has 1 aromatic heterocycles. The number of aromatic nitrogens is 1. The van der Waals surface area contributed by atoms with Crippen molar-refractivity contribution in [2.45, 2.75) is 19.4 Å². The summed E-state index contributed by atoms with van der Waals surface area (Å²) in [6.45, 7) is 1.93. The molecule has 1 atom stereocenters. The Labute approximate surface area is 174 Å². The first kappa shape index (κ1) is 20.2. The van der Waals surface area contributed by atoms with Crippen LogP contribution in [-0.4, -0.2) is 48.3 Å².